The van der Waals surface area contributed by atoms with E-state index in [1.165, 1.54) is 57.8 Å². The second kappa shape index (κ2) is 55.1. The van der Waals surface area contributed by atoms with Gasteiger partial charge < -0.3 is 14.2 Å². The van der Waals surface area contributed by atoms with E-state index in [0.29, 0.717) is 19.3 Å². The highest BCUT2D eigenvalue weighted by atomic mass is 16.6. The third-order valence-electron chi connectivity index (χ3n) is 10.9. The minimum Gasteiger partial charge on any atom is -0.462 e. The van der Waals surface area contributed by atoms with Crippen molar-refractivity contribution in [3.05, 3.63) is 134 Å². The Morgan fingerprint density at radius 3 is 0.956 bits per heavy atom. The van der Waals surface area contributed by atoms with E-state index >= 15 is 0 Å². The van der Waals surface area contributed by atoms with Gasteiger partial charge in [0.05, 0.1) is 0 Å². The molecule has 0 bridgehead atoms. The van der Waals surface area contributed by atoms with Gasteiger partial charge in [0.2, 0.25) is 0 Å². The molecule has 0 radical (unpaired) electrons. The van der Waals surface area contributed by atoms with E-state index in [1.807, 2.05) is 0 Å². The molecule has 0 saturated carbocycles. The lowest BCUT2D eigenvalue weighted by molar-refractivity contribution is -0.167. The highest BCUT2D eigenvalue weighted by Crippen LogP contribution is 2.12. The molecule has 0 aromatic rings. The zero-order valence-corrected chi connectivity index (χ0v) is 43.6. The van der Waals surface area contributed by atoms with Gasteiger partial charge in [0.1, 0.15) is 13.2 Å². The molecule has 0 aliphatic carbocycles. The summed E-state index contributed by atoms with van der Waals surface area (Å²) in [5.74, 6) is -1.06. The van der Waals surface area contributed by atoms with Crippen molar-refractivity contribution >= 4 is 17.9 Å². The van der Waals surface area contributed by atoms with Crippen LogP contribution < -0.4 is 0 Å². The number of rotatable bonds is 47. The fourth-order valence-corrected chi connectivity index (χ4v) is 6.86. The molecule has 0 aromatic heterocycles. The van der Waals surface area contributed by atoms with E-state index in [1.54, 1.807) is 0 Å². The van der Waals surface area contributed by atoms with Gasteiger partial charge in [0.25, 0.3) is 0 Å². The number of unbranched alkanes of at least 4 members (excludes halogenated alkanes) is 14. The maximum atomic E-state index is 12.8. The molecule has 1 unspecified atom stereocenters. The number of hydrogen-bond donors (Lipinski definition) is 0. The molecule has 0 aliphatic rings. The van der Waals surface area contributed by atoms with Crippen molar-refractivity contribution in [2.24, 2.45) is 0 Å². The maximum absolute atomic E-state index is 12.8. The SMILES string of the molecule is CC/C=C\C/C=C\C/C=C\C/C=C\C/C=C\CCCC(=O)OCC(COC(=O)CCCCCCCC/C=C\C/C=C\C/C=C\CC)OC(=O)CCC/C=C\C/C=C\C/C=C\CCCCCCCC. The molecule has 6 nitrogen and oxygen atoms in total. The van der Waals surface area contributed by atoms with Crippen molar-refractivity contribution in [3.63, 3.8) is 0 Å². The van der Waals surface area contributed by atoms with Gasteiger partial charge in [-0.05, 0) is 122 Å². The summed E-state index contributed by atoms with van der Waals surface area (Å²) in [7, 11) is 0. The monoisotopic (exact) mass is 939 g/mol. The number of ether oxygens (including phenoxy) is 3. The van der Waals surface area contributed by atoms with Crippen molar-refractivity contribution in [1.82, 2.24) is 0 Å². The highest BCUT2D eigenvalue weighted by molar-refractivity contribution is 5.71. The molecule has 0 N–H and O–H groups in total. The lowest BCUT2D eigenvalue weighted by Gasteiger charge is -2.18. The Bertz CT molecular complexity index is 1500. The fraction of sp³-hybridized carbons (Fsp3) is 0.597. The summed E-state index contributed by atoms with van der Waals surface area (Å²) < 4.78 is 16.7. The maximum Gasteiger partial charge on any atom is 0.306 e. The molecule has 0 aromatic carbocycles. The van der Waals surface area contributed by atoms with Crippen LogP contribution in [-0.4, -0.2) is 37.2 Å². The smallest absolute Gasteiger partial charge is 0.306 e. The molecule has 0 saturated heterocycles. The van der Waals surface area contributed by atoms with Gasteiger partial charge >= 0.3 is 17.9 Å². The van der Waals surface area contributed by atoms with Gasteiger partial charge in [-0.2, -0.15) is 0 Å². The van der Waals surface area contributed by atoms with Crippen LogP contribution in [0.25, 0.3) is 0 Å². The average molecular weight is 939 g/mol. The first-order valence-corrected chi connectivity index (χ1v) is 27.2. The third-order valence-corrected chi connectivity index (χ3v) is 10.9. The summed E-state index contributed by atoms with van der Waals surface area (Å²) >= 11 is 0. The number of esters is 3. The van der Waals surface area contributed by atoms with Crippen LogP contribution in [0.3, 0.4) is 0 Å². The lowest BCUT2D eigenvalue weighted by atomic mass is 10.1. The molecule has 6 heteroatoms. The molecule has 0 fully saturated rings. The summed E-state index contributed by atoms with van der Waals surface area (Å²) in [6, 6.07) is 0. The van der Waals surface area contributed by atoms with E-state index in [-0.39, 0.29) is 44.0 Å². The Balaban J connectivity index is 4.60. The topological polar surface area (TPSA) is 78.9 Å². The summed E-state index contributed by atoms with van der Waals surface area (Å²) in [6.45, 7) is 6.29. The van der Waals surface area contributed by atoms with Gasteiger partial charge in [-0.3, -0.25) is 14.4 Å². The summed E-state index contributed by atoms with van der Waals surface area (Å²) in [5, 5.41) is 0. The molecule has 68 heavy (non-hydrogen) atoms. The van der Waals surface area contributed by atoms with E-state index in [2.05, 4.69) is 154 Å². The Kier molecular flexibility index (Phi) is 51.5. The van der Waals surface area contributed by atoms with Crippen LogP contribution in [0.5, 0.6) is 0 Å². The first kappa shape index (κ1) is 63.5. The molecule has 0 spiro atoms. The summed E-state index contributed by atoms with van der Waals surface area (Å²) in [5.41, 5.74) is 0. The molecule has 0 heterocycles. The Hall–Kier alpha value is -4.45. The van der Waals surface area contributed by atoms with Gasteiger partial charge in [-0.1, -0.05) is 212 Å². The van der Waals surface area contributed by atoms with Gasteiger partial charge in [0, 0.05) is 19.3 Å². The first-order chi connectivity index (χ1) is 33.5. The van der Waals surface area contributed by atoms with Crippen molar-refractivity contribution in [2.75, 3.05) is 13.2 Å². The van der Waals surface area contributed by atoms with E-state index in [4.69, 9.17) is 14.2 Å². The molecule has 0 rings (SSSR count). The van der Waals surface area contributed by atoms with Crippen LogP contribution in [0, 0.1) is 0 Å². The van der Waals surface area contributed by atoms with Gasteiger partial charge in [0.15, 0.2) is 6.10 Å². The quantitative estimate of drug-likeness (QED) is 0.0262. The largest absolute Gasteiger partial charge is 0.462 e. The van der Waals surface area contributed by atoms with Crippen LogP contribution in [0.15, 0.2) is 134 Å². The number of allylic oxidation sites excluding steroid dienone is 22. The van der Waals surface area contributed by atoms with Crippen LogP contribution >= 0.6 is 0 Å². The van der Waals surface area contributed by atoms with E-state index < -0.39 is 6.10 Å². The van der Waals surface area contributed by atoms with Crippen LogP contribution in [-0.2, 0) is 28.6 Å². The molecule has 0 aliphatic heterocycles. The minimum absolute atomic E-state index is 0.127. The van der Waals surface area contributed by atoms with Crippen molar-refractivity contribution < 1.29 is 28.6 Å². The molecule has 1 atom stereocenters. The van der Waals surface area contributed by atoms with Crippen LogP contribution in [0.2, 0.25) is 0 Å². The van der Waals surface area contributed by atoms with Gasteiger partial charge in [-0.25, -0.2) is 0 Å². The Morgan fingerprint density at radius 1 is 0.309 bits per heavy atom. The van der Waals surface area contributed by atoms with Crippen LogP contribution in [0.4, 0.5) is 0 Å². The number of carbonyl (C=O) groups excluding carboxylic acids is 3. The Labute approximate surface area is 417 Å². The number of carbonyl (C=O) groups is 3. The van der Waals surface area contributed by atoms with E-state index in [0.717, 1.165) is 109 Å². The molecular formula is C62H98O6. The first-order valence-electron chi connectivity index (χ1n) is 27.2. The Morgan fingerprint density at radius 2 is 0.588 bits per heavy atom. The molecular weight excluding hydrogens is 841 g/mol. The van der Waals surface area contributed by atoms with Gasteiger partial charge in [-0.15, -0.1) is 0 Å². The molecule has 0 amide bonds. The second-order valence-corrected chi connectivity index (χ2v) is 17.4. The predicted octanol–water partition coefficient (Wildman–Crippen LogP) is 18.3. The van der Waals surface area contributed by atoms with Crippen molar-refractivity contribution in [3.8, 4) is 0 Å². The summed E-state index contributed by atoms with van der Waals surface area (Å²) in [6.07, 6.45) is 77.3. The van der Waals surface area contributed by atoms with Crippen molar-refractivity contribution in [1.29, 1.82) is 0 Å². The minimum atomic E-state index is -0.838. The second-order valence-electron chi connectivity index (χ2n) is 17.4. The lowest BCUT2D eigenvalue weighted by Crippen LogP contribution is -2.30. The third kappa shape index (κ3) is 52.5. The van der Waals surface area contributed by atoms with Crippen LogP contribution in [0.1, 0.15) is 220 Å². The fourth-order valence-electron chi connectivity index (χ4n) is 6.86. The highest BCUT2D eigenvalue weighted by Gasteiger charge is 2.19. The average Bonchev–Trinajstić information content (AvgIpc) is 3.34. The normalized spacial score (nSPS) is 13.2. The predicted molar refractivity (Wildman–Crippen MR) is 292 cm³/mol. The standard InChI is InChI=1S/C62H98O6/c1-4-7-10-13-16-19-22-25-28-31-34-37-40-43-46-49-52-55-61(64)67-58-59(57-66-60(63)54-51-48-45-42-39-36-33-30-27-24-21-18-15-12-9-6-3)68-62(65)56-53-50-47-44-41-38-35-32-29-26-23-20-17-14-11-8-5-2/h7,9-10,12,16,18-19,21,25-30,34-35,37-38,43-44,46-47,59H,4-6,8,11,13-15,17,20,22-24,31-33,36,39-42,45,48-58H2,1-3H3/b10-7-,12-9-,19-16-,21-18-,28-25-,29-26-,30-27-,37-34-,38-35-,46-43-,47-44-. The molecule has 382 valence electrons. The summed E-state index contributed by atoms with van der Waals surface area (Å²) in [4.78, 5) is 38.1. The number of hydrogen-bond acceptors (Lipinski definition) is 6. The zero-order valence-electron chi connectivity index (χ0n) is 43.6. The zero-order chi connectivity index (χ0) is 49.3. The van der Waals surface area contributed by atoms with Crippen molar-refractivity contribution in [2.45, 2.75) is 226 Å². The van der Waals surface area contributed by atoms with E-state index in [9.17, 15) is 14.4 Å².